The summed E-state index contributed by atoms with van der Waals surface area (Å²) in [5.41, 5.74) is 10.5. The van der Waals surface area contributed by atoms with Crippen molar-refractivity contribution in [3.63, 3.8) is 0 Å². The van der Waals surface area contributed by atoms with Crippen LogP contribution in [0.15, 0.2) is 59.8 Å². The second-order valence-corrected chi connectivity index (χ2v) is 7.74. The summed E-state index contributed by atoms with van der Waals surface area (Å²) in [6.07, 6.45) is 5.52. The molecule has 1 unspecified atom stereocenters. The third-order valence-corrected chi connectivity index (χ3v) is 5.24. The van der Waals surface area contributed by atoms with Crippen LogP contribution in [0.2, 0.25) is 0 Å². The van der Waals surface area contributed by atoms with Gasteiger partial charge in [-0.05, 0) is 18.6 Å². The summed E-state index contributed by atoms with van der Waals surface area (Å²) in [7, 11) is 0. The number of pyridine rings is 1. The Kier molecular flexibility index (Phi) is 11.5. The Balaban J connectivity index is 0.00000480. The molecule has 0 aliphatic carbocycles. The standard InChI is InChI=1S/C21H24N4O4S.BrH/c22-18(26)14-16(20(23)28)24-21(29)15-8-2-3-9-17(15)30-19(27)10-4-7-13-25-11-5-1-6-12-25;/h1-3,5-6,8-9,11-12,16H,4,7,10,13-14H2,(H4-,22,23,24,26,28,29);1H. The fourth-order valence-corrected chi connectivity index (χ4v) is 3.63. The number of rotatable bonds is 11. The second-order valence-electron chi connectivity index (χ2n) is 6.64. The van der Waals surface area contributed by atoms with Crippen LogP contribution in [-0.4, -0.2) is 28.9 Å². The van der Waals surface area contributed by atoms with Crippen LogP contribution < -0.4 is 38.3 Å². The number of thioether (sulfide) groups is 1. The van der Waals surface area contributed by atoms with Gasteiger partial charge >= 0.3 is 0 Å². The number of primary amides is 2. The lowest BCUT2D eigenvalue weighted by Gasteiger charge is -2.15. The smallest absolute Gasteiger partial charge is 0.253 e. The molecule has 8 nitrogen and oxygen atoms in total. The average molecular weight is 509 g/mol. The largest absolute Gasteiger partial charge is 1.00 e. The lowest BCUT2D eigenvalue weighted by Crippen LogP contribution is -3.00. The summed E-state index contributed by atoms with van der Waals surface area (Å²) in [6, 6.07) is 11.2. The van der Waals surface area contributed by atoms with Crippen LogP contribution in [0, 0.1) is 0 Å². The Morgan fingerprint density at radius 3 is 2.29 bits per heavy atom. The van der Waals surface area contributed by atoms with Gasteiger partial charge in [0.25, 0.3) is 5.91 Å². The van der Waals surface area contributed by atoms with Gasteiger partial charge in [0.15, 0.2) is 17.5 Å². The molecule has 1 aromatic carbocycles. The topological polar surface area (TPSA) is 136 Å². The number of unbranched alkanes of at least 4 members (excludes halogenated alkanes) is 1. The van der Waals surface area contributed by atoms with E-state index in [0.29, 0.717) is 11.3 Å². The van der Waals surface area contributed by atoms with Crippen LogP contribution >= 0.6 is 11.8 Å². The molecule has 0 aliphatic rings. The number of aromatic nitrogens is 1. The van der Waals surface area contributed by atoms with E-state index in [2.05, 4.69) is 9.88 Å². The molecule has 0 spiro atoms. The van der Waals surface area contributed by atoms with Crippen molar-refractivity contribution in [3.8, 4) is 0 Å². The van der Waals surface area contributed by atoms with E-state index in [9.17, 15) is 19.2 Å². The number of benzene rings is 1. The Morgan fingerprint density at radius 1 is 0.968 bits per heavy atom. The maximum Gasteiger partial charge on any atom is 0.253 e. The summed E-state index contributed by atoms with van der Waals surface area (Å²) >= 11 is 0.980. The number of halogens is 1. The molecule has 3 amide bonds. The van der Waals surface area contributed by atoms with Gasteiger partial charge < -0.3 is 33.8 Å². The molecule has 10 heteroatoms. The van der Waals surface area contributed by atoms with Crippen LogP contribution in [-0.2, 0) is 20.9 Å². The lowest BCUT2D eigenvalue weighted by atomic mass is 10.1. The molecule has 1 atom stereocenters. The molecule has 0 aliphatic heterocycles. The van der Waals surface area contributed by atoms with Crippen molar-refractivity contribution in [3.05, 3.63) is 60.4 Å². The van der Waals surface area contributed by atoms with E-state index in [0.717, 1.165) is 31.1 Å². The molecule has 166 valence electrons. The van der Waals surface area contributed by atoms with Crippen molar-refractivity contribution in [2.24, 2.45) is 11.5 Å². The highest BCUT2D eigenvalue weighted by Gasteiger charge is 2.23. The lowest BCUT2D eigenvalue weighted by molar-refractivity contribution is -0.697. The Labute approximate surface area is 195 Å². The molecule has 1 heterocycles. The minimum absolute atomic E-state index is 0. The fourth-order valence-electron chi connectivity index (χ4n) is 2.72. The molecule has 0 bridgehead atoms. The van der Waals surface area contributed by atoms with Crippen LogP contribution in [0.25, 0.3) is 0 Å². The maximum atomic E-state index is 12.6. The summed E-state index contributed by atoms with van der Waals surface area (Å²) in [6.45, 7) is 0.826. The highest BCUT2D eigenvalue weighted by molar-refractivity contribution is 8.13. The molecule has 0 saturated heterocycles. The predicted octanol–water partition coefficient (Wildman–Crippen LogP) is -2.07. The third kappa shape index (κ3) is 9.31. The molecule has 5 N–H and O–H groups in total. The van der Waals surface area contributed by atoms with E-state index in [1.165, 1.54) is 0 Å². The Morgan fingerprint density at radius 2 is 1.65 bits per heavy atom. The quantitative estimate of drug-likeness (QED) is 0.182. The average Bonchev–Trinajstić information content (AvgIpc) is 2.71. The molecule has 2 rings (SSSR count). The SMILES string of the molecule is NC(=O)CC(NC(=O)c1ccccc1SC(=O)CCCC[n+]1ccccc1)C(N)=O.[Br-]. The van der Waals surface area contributed by atoms with Gasteiger partial charge in [-0.15, -0.1) is 0 Å². The number of aryl methyl sites for hydroxylation is 1. The van der Waals surface area contributed by atoms with E-state index in [1.807, 2.05) is 30.6 Å². The number of nitrogens with one attached hydrogen (secondary N) is 1. The summed E-state index contributed by atoms with van der Waals surface area (Å²) < 4.78 is 2.05. The van der Waals surface area contributed by atoms with Gasteiger partial charge in [0, 0.05) is 29.9 Å². The van der Waals surface area contributed by atoms with Gasteiger partial charge in [-0.2, -0.15) is 0 Å². The maximum absolute atomic E-state index is 12.6. The van der Waals surface area contributed by atoms with E-state index in [-0.39, 0.29) is 27.7 Å². The first-order chi connectivity index (χ1) is 14.4. The van der Waals surface area contributed by atoms with Gasteiger partial charge in [0.1, 0.15) is 12.6 Å². The number of carbonyl (C=O) groups excluding carboxylic acids is 4. The van der Waals surface area contributed by atoms with E-state index in [4.69, 9.17) is 11.5 Å². The number of carbonyl (C=O) groups is 4. The van der Waals surface area contributed by atoms with Crippen LogP contribution in [0.4, 0.5) is 0 Å². The van der Waals surface area contributed by atoms with Gasteiger partial charge in [0.2, 0.25) is 11.8 Å². The number of amides is 3. The van der Waals surface area contributed by atoms with E-state index >= 15 is 0 Å². The van der Waals surface area contributed by atoms with Crippen LogP contribution in [0.3, 0.4) is 0 Å². The summed E-state index contributed by atoms with van der Waals surface area (Å²) in [4.78, 5) is 47.9. The third-order valence-electron chi connectivity index (χ3n) is 4.23. The van der Waals surface area contributed by atoms with Crippen LogP contribution in [0.1, 0.15) is 36.0 Å². The zero-order chi connectivity index (χ0) is 21.9. The first-order valence-corrected chi connectivity index (χ1v) is 10.3. The number of nitrogens with two attached hydrogens (primary N) is 2. The number of hydrogen-bond donors (Lipinski definition) is 3. The fraction of sp³-hybridized carbons (Fsp3) is 0.286. The highest BCUT2D eigenvalue weighted by Crippen LogP contribution is 2.25. The second kappa shape index (κ2) is 13.6. The zero-order valence-electron chi connectivity index (χ0n) is 16.8. The zero-order valence-corrected chi connectivity index (χ0v) is 19.2. The van der Waals surface area contributed by atoms with Crippen LogP contribution in [0.5, 0.6) is 0 Å². The van der Waals surface area contributed by atoms with Crippen molar-refractivity contribution in [1.29, 1.82) is 0 Å². The minimum Gasteiger partial charge on any atom is -1.00 e. The molecule has 0 saturated carbocycles. The molecule has 0 fully saturated rings. The first kappa shape index (κ1) is 26.3. The Hall–Kier alpha value is -2.72. The van der Waals surface area contributed by atoms with Gasteiger partial charge in [0.05, 0.1) is 12.0 Å². The molecule has 31 heavy (non-hydrogen) atoms. The van der Waals surface area contributed by atoms with E-state index in [1.54, 1.807) is 24.3 Å². The Bertz CT molecular complexity index is 911. The molecular formula is C21H25BrN4O4S. The van der Waals surface area contributed by atoms with Gasteiger partial charge in [-0.1, -0.05) is 30.0 Å². The van der Waals surface area contributed by atoms with Gasteiger partial charge in [-0.25, -0.2) is 4.57 Å². The van der Waals surface area contributed by atoms with Gasteiger partial charge in [-0.3, -0.25) is 19.2 Å². The van der Waals surface area contributed by atoms with Crippen molar-refractivity contribution in [2.75, 3.05) is 0 Å². The highest BCUT2D eigenvalue weighted by atomic mass is 79.9. The predicted molar refractivity (Wildman–Crippen MR) is 112 cm³/mol. The minimum atomic E-state index is -1.21. The first-order valence-electron chi connectivity index (χ1n) is 9.49. The molecular weight excluding hydrogens is 484 g/mol. The summed E-state index contributed by atoms with van der Waals surface area (Å²) in [5.74, 6) is -2.22. The van der Waals surface area contributed by atoms with Crippen molar-refractivity contribution >= 4 is 34.6 Å². The van der Waals surface area contributed by atoms with E-state index < -0.39 is 30.2 Å². The summed E-state index contributed by atoms with van der Waals surface area (Å²) in [5, 5.41) is 2.35. The normalized spacial score (nSPS) is 11.1. The van der Waals surface area contributed by atoms with Crippen molar-refractivity contribution in [1.82, 2.24) is 5.32 Å². The van der Waals surface area contributed by atoms with Crippen molar-refractivity contribution in [2.45, 2.75) is 43.2 Å². The molecule has 1 aromatic heterocycles. The molecule has 0 radical (unpaired) electrons. The monoisotopic (exact) mass is 508 g/mol. The van der Waals surface area contributed by atoms with Crippen molar-refractivity contribution < 1.29 is 40.7 Å². The number of hydrogen-bond acceptors (Lipinski definition) is 5. The number of nitrogens with zero attached hydrogens (tertiary/aromatic N) is 1. The molecule has 2 aromatic rings.